The number of hydrogen-bond donors (Lipinski definition) is 1. The molecule has 1 aromatic heterocycles. The van der Waals surface area contributed by atoms with Crippen molar-refractivity contribution in [1.82, 2.24) is 9.78 Å². The molecule has 0 fully saturated rings. The molecular formula is C12H15N3. The minimum Gasteiger partial charge on any atom is -0.384 e. The molecule has 78 valence electrons. The maximum absolute atomic E-state index is 5.89. The molecule has 0 saturated heterocycles. The van der Waals surface area contributed by atoms with Gasteiger partial charge in [-0.25, -0.2) is 4.68 Å². The summed E-state index contributed by atoms with van der Waals surface area (Å²) in [7, 11) is 0. The fourth-order valence-electron chi connectivity index (χ4n) is 1.68. The van der Waals surface area contributed by atoms with Gasteiger partial charge in [-0.2, -0.15) is 5.10 Å². The fourth-order valence-corrected chi connectivity index (χ4v) is 1.68. The second-order valence-corrected chi connectivity index (χ2v) is 3.84. The van der Waals surface area contributed by atoms with Crippen LogP contribution in [-0.4, -0.2) is 9.78 Å². The lowest BCUT2D eigenvalue weighted by atomic mass is 10.1. The van der Waals surface area contributed by atoms with Crippen molar-refractivity contribution in [2.45, 2.75) is 20.8 Å². The van der Waals surface area contributed by atoms with Crippen LogP contribution in [0, 0.1) is 20.8 Å². The molecule has 0 aliphatic carbocycles. The van der Waals surface area contributed by atoms with E-state index in [4.69, 9.17) is 5.73 Å². The Kier molecular flexibility index (Phi) is 2.23. The lowest BCUT2D eigenvalue weighted by Crippen LogP contribution is -2.04. The largest absolute Gasteiger partial charge is 0.384 e. The molecule has 0 saturated carbocycles. The molecule has 1 heterocycles. The summed E-state index contributed by atoms with van der Waals surface area (Å²) in [6.07, 6.45) is 0. The SMILES string of the molecule is Cc1cc(N)n(-c2cccc(C)c2C)n1. The molecule has 0 aliphatic rings. The van der Waals surface area contributed by atoms with Gasteiger partial charge in [-0.3, -0.25) is 0 Å². The monoisotopic (exact) mass is 201 g/mol. The van der Waals surface area contributed by atoms with Gasteiger partial charge >= 0.3 is 0 Å². The first-order valence-electron chi connectivity index (χ1n) is 4.98. The van der Waals surface area contributed by atoms with Crippen molar-refractivity contribution in [3.63, 3.8) is 0 Å². The molecular weight excluding hydrogens is 186 g/mol. The Morgan fingerprint density at radius 1 is 1.20 bits per heavy atom. The van der Waals surface area contributed by atoms with Crippen molar-refractivity contribution >= 4 is 5.82 Å². The lowest BCUT2D eigenvalue weighted by Gasteiger charge is -2.09. The van der Waals surface area contributed by atoms with E-state index in [9.17, 15) is 0 Å². The van der Waals surface area contributed by atoms with Crippen LogP contribution in [-0.2, 0) is 0 Å². The van der Waals surface area contributed by atoms with E-state index in [1.54, 1.807) is 4.68 Å². The third kappa shape index (κ3) is 1.61. The molecule has 15 heavy (non-hydrogen) atoms. The summed E-state index contributed by atoms with van der Waals surface area (Å²) >= 11 is 0. The van der Waals surface area contributed by atoms with Crippen molar-refractivity contribution in [3.05, 3.63) is 41.1 Å². The van der Waals surface area contributed by atoms with Crippen LogP contribution in [0.4, 0.5) is 5.82 Å². The third-order valence-electron chi connectivity index (χ3n) is 2.66. The van der Waals surface area contributed by atoms with Gasteiger partial charge in [0.1, 0.15) is 5.82 Å². The zero-order chi connectivity index (χ0) is 11.0. The minimum absolute atomic E-state index is 0.682. The van der Waals surface area contributed by atoms with Gasteiger partial charge in [0.15, 0.2) is 0 Å². The highest BCUT2D eigenvalue weighted by atomic mass is 15.3. The Bertz CT molecular complexity index is 498. The zero-order valence-corrected chi connectivity index (χ0v) is 9.28. The number of nitrogens with zero attached hydrogens (tertiary/aromatic N) is 2. The van der Waals surface area contributed by atoms with Crippen LogP contribution in [0.25, 0.3) is 5.69 Å². The number of hydrogen-bond acceptors (Lipinski definition) is 2. The van der Waals surface area contributed by atoms with Crippen LogP contribution in [0.2, 0.25) is 0 Å². The second-order valence-electron chi connectivity index (χ2n) is 3.84. The molecule has 0 spiro atoms. The predicted molar refractivity (Wildman–Crippen MR) is 62.2 cm³/mol. The average Bonchev–Trinajstić information content (AvgIpc) is 2.50. The first-order valence-corrected chi connectivity index (χ1v) is 4.98. The Balaban J connectivity index is 2.64. The van der Waals surface area contributed by atoms with Crippen LogP contribution >= 0.6 is 0 Å². The van der Waals surface area contributed by atoms with E-state index in [-0.39, 0.29) is 0 Å². The maximum Gasteiger partial charge on any atom is 0.127 e. The topological polar surface area (TPSA) is 43.8 Å². The molecule has 2 aromatic rings. The Morgan fingerprint density at radius 2 is 1.93 bits per heavy atom. The van der Waals surface area contributed by atoms with Crippen molar-refractivity contribution in [1.29, 1.82) is 0 Å². The summed E-state index contributed by atoms with van der Waals surface area (Å²) in [6.45, 7) is 6.12. The number of nitrogens with two attached hydrogens (primary N) is 1. The highest BCUT2D eigenvalue weighted by Crippen LogP contribution is 2.20. The summed E-state index contributed by atoms with van der Waals surface area (Å²) in [5.41, 5.74) is 10.4. The van der Waals surface area contributed by atoms with Gasteiger partial charge in [-0.15, -0.1) is 0 Å². The number of benzene rings is 1. The zero-order valence-electron chi connectivity index (χ0n) is 9.28. The summed E-state index contributed by atoms with van der Waals surface area (Å²) < 4.78 is 1.79. The Morgan fingerprint density at radius 3 is 2.53 bits per heavy atom. The quantitative estimate of drug-likeness (QED) is 0.769. The van der Waals surface area contributed by atoms with E-state index < -0.39 is 0 Å². The van der Waals surface area contributed by atoms with Crippen LogP contribution < -0.4 is 5.73 Å². The van der Waals surface area contributed by atoms with Gasteiger partial charge in [0.2, 0.25) is 0 Å². The number of nitrogen functional groups attached to an aromatic ring is 1. The van der Waals surface area contributed by atoms with Crippen molar-refractivity contribution < 1.29 is 0 Å². The summed E-state index contributed by atoms with van der Waals surface area (Å²) in [4.78, 5) is 0. The smallest absolute Gasteiger partial charge is 0.127 e. The summed E-state index contributed by atoms with van der Waals surface area (Å²) in [5.74, 6) is 0.682. The van der Waals surface area contributed by atoms with Gasteiger partial charge in [0.25, 0.3) is 0 Å². The number of aromatic nitrogens is 2. The molecule has 3 nitrogen and oxygen atoms in total. The maximum atomic E-state index is 5.89. The molecule has 0 aliphatic heterocycles. The molecule has 3 heteroatoms. The fraction of sp³-hybridized carbons (Fsp3) is 0.250. The van der Waals surface area contributed by atoms with E-state index in [0.29, 0.717) is 5.82 Å². The van der Waals surface area contributed by atoms with Gasteiger partial charge in [0, 0.05) is 6.07 Å². The van der Waals surface area contributed by atoms with Crippen molar-refractivity contribution in [2.75, 3.05) is 5.73 Å². The minimum atomic E-state index is 0.682. The highest BCUT2D eigenvalue weighted by molar-refractivity contribution is 5.49. The van der Waals surface area contributed by atoms with E-state index in [1.165, 1.54) is 11.1 Å². The van der Waals surface area contributed by atoms with E-state index in [2.05, 4.69) is 25.0 Å². The van der Waals surface area contributed by atoms with Crippen LogP contribution in [0.3, 0.4) is 0 Å². The number of rotatable bonds is 1. The van der Waals surface area contributed by atoms with Crippen LogP contribution in [0.1, 0.15) is 16.8 Å². The standard InChI is InChI=1S/C12H15N3/c1-8-5-4-6-11(10(8)3)15-12(13)7-9(2)14-15/h4-7H,13H2,1-3H3. The van der Waals surface area contributed by atoms with Crippen molar-refractivity contribution in [3.8, 4) is 5.69 Å². The molecule has 0 bridgehead atoms. The van der Waals surface area contributed by atoms with Crippen LogP contribution in [0.15, 0.2) is 24.3 Å². The first-order chi connectivity index (χ1) is 7.09. The number of aryl methyl sites for hydroxylation is 2. The molecule has 2 N–H and O–H groups in total. The molecule has 0 radical (unpaired) electrons. The van der Waals surface area contributed by atoms with E-state index >= 15 is 0 Å². The first kappa shape index (κ1) is 9.77. The van der Waals surface area contributed by atoms with Crippen molar-refractivity contribution in [2.24, 2.45) is 0 Å². The lowest BCUT2D eigenvalue weighted by molar-refractivity contribution is 0.863. The molecule has 2 rings (SSSR count). The molecule has 0 atom stereocenters. The molecule has 1 aromatic carbocycles. The van der Waals surface area contributed by atoms with E-state index in [0.717, 1.165) is 11.4 Å². The number of anilines is 1. The van der Waals surface area contributed by atoms with Crippen LogP contribution in [0.5, 0.6) is 0 Å². The third-order valence-corrected chi connectivity index (χ3v) is 2.66. The summed E-state index contributed by atoms with van der Waals surface area (Å²) in [5, 5.41) is 4.37. The van der Waals surface area contributed by atoms with E-state index in [1.807, 2.05) is 25.1 Å². The Labute approximate surface area is 89.5 Å². The predicted octanol–water partition coefficient (Wildman–Crippen LogP) is 2.38. The highest BCUT2D eigenvalue weighted by Gasteiger charge is 2.07. The van der Waals surface area contributed by atoms with Gasteiger partial charge < -0.3 is 5.73 Å². The van der Waals surface area contributed by atoms with Gasteiger partial charge in [-0.1, -0.05) is 12.1 Å². The average molecular weight is 201 g/mol. The molecule has 0 amide bonds. The van der Waals surface area contributed by atoms with Gasteiger partial charge in [0.05, 0.1) is 11.4 Å². The summed E-state index contributed by atoms with van der Waals surface area (Å²) in [6, 6.07) is 8.02. The normalized spacial score (nSPS) is 10.6. The Hall–Kier alpha value is -1.77. The van der Waals surface area contributed by atoms with Gasteiger partial charge in [-0.05, 0) is 38.0 Å². The molecule has 0 unspecified atom stereocenters. The second kappa shape index (κ2) is 3.42.